The summed E-state index contributed by atoms with van der Waals surface area (Å²) in [6.07, 6.45) is -6.99. The van der Waals surface area contributed by atoms with Gasteiger partial charge in [0.1, 0.15) is 36.0 Å². The summed E-state index contributed by atoms with van der Waals surface area (Å²) in [4.78, 5) is 0. The second kappa shape index (κ2) is 10.1. The zero-order chi connectivity index (χ0) is 23.6. The number of benzene rings is 1. The van der Waals surface area contributed by atoms with Crippen molar-refractivity contribution in [2.45, 2.75) is 70.9 Å². The molecule has 4 N–H and O–H groups in total. The molecule has 2 aromatic rings. The number of aromatic nitrogens is 2. The largest absolute Gasteiger partial charge is 0.494 e. The molecule has 178 valence electrons. The van der Waals surface area contributed by atoms with Crippen LogP contribution in [0, 0.1) is 12.7 Å². The van der Waals surface area contributed by atoms with Gasteiger partial charge in [-0.3, -0.25) is 4.68 Å². The number of nitrogens with zero attached hydrogens (tertiary/aromatic N) is 2. The van der Waals surface area contributed by atoms with Gasteiger partial charge in [-0.25, -0.2) is 4.39 Å². The topological polar surface area (TPSA) is 126 Å². The minimum absolute atomic E-state index is 0.0222. The zero-order valence-electron chi connectivity index (χ0n) is 18.6. The van der Waals surface area contributed by atoms with E-state index in [4.69, 9.17) is 14.2 Å². The van der Waals surface area contributed by atoms with Crippen molar-refractivity contribution in [3.05, 3.63) is 40.8 Å². The second-order valence-electron chi connectivity index (χ2n) is 8.09. The quantitative estimate of drug-likeness (QED) is 0.467. The van der Waals surface area contributed by atoms with Gasteiger partial charge < -0.3 is 34.6 Å². The molecule has 2 heterocycles. The predicted octanol–water partition coefficient (Wildman–Crippen LogP) is 1.08. The number of halogens is 1. The molecule has 1 aromatic carbocycles. The van der Waals surface area contributed by atoms with Crippen molar-refractivity contribution in [2.24, 2.45) is 0 Å². The summed E-state index contributed by atoms with van der Waals surface area (Å²) < 4.78 is 33.0. The molecule has 0 bridgehead atoms. The first-order valence-electron chi connectivity index (χ1n) is 10.6. The van der Waals surface area contributed by atoms with E-state index >= 15 is 0 Å². The van der Waals surface area contributed by atoms with Crippen LogP contribution in [0.15, 0.2) is 18.2 Å². The van der Waals surface area contributed by atoms with Gasteiger partial charge in [-0.1, -0.05) is 6.07 Å². The van der Waals surface area contributed by atoms with Crippen LogP contribution in [-0.4, -0.2) is 74.1 Å². The molecular formula is C22H31FN2O7. The van der Waals surface area contributed by atoms with Crippen LogP contribution in [-0.2, 0) is 11.2 Å². The van der Waals surface area contributed by atoms with Crippen molar-refractivity contribution in [3.8, 4) is 11.6 Å². The fraction of sp³-hybridized carbons (Fsp3) is 0.591. The smallest absolute Gasteiger partial charge is 0.239 e. The van der Waals surface area contributed by atoms with E-state index in [1.54, 1.807) is 16.8 Å². The van der Waals surface area contributed by atoms with E-state index in [0.717, 1.165) is 5.69 Å². The molecule has 0 spiro atoms. The second-order valence-corrected chi connectivity index (χ2v) is 8.09. The maximum atomic E-state index is 14.7. The minimum atomic E-state index is -1.58. The van der Waals surface area contributed by atoms with Gasteiger partial charge in [-0.15, -0.1) is 5.10 Å². The highest BCUT2D eigenvalue weighted by atomic mass is 19.1. The van der Waals surface area contributed by atoms with Gasteiger partial charge in [0.2, 0.25) is 12.2 Å². The molecule has 0 aliphatic carbocycles. The Kier molecular flexibility index (Phi) is 7.73. The summed E-state index contributed by atoms with van der Waals surface area (Å²) in [6, 6.07) is 4.61. The Morgan fingerprint density at radius 1 is 1.19 bits per heavy atom. The third kappa shape index (κ3) is 4.89. The first-order valence-corrected chi connectivity index (χ1v) is 10.6. The van der Waals surface area contributed by atoms with Crippen molar-refractivity contribution < 1.29 is 39.0 Å². The van der Waals surface area contributed by atoms with Gasteiger partial charge in [0.25, 0.3) is 0 Å². The van der Waals surface area contributed by atoms with Crippen molar-refractivity contribution in [3.63, 3.8) is 0 Å². The van der Waals surface area contributed by atoms with Crippen LogP contribution < -0.4 is 9.47 Å². The van der Waals surface area contributed by atoms with Gasteiger partial charge in [0.05, 0.1) is 13.2 Å². The molecule has 10 heteroatoms. The maximum absolute atomic E-state index is 14.7. The Hall–Kier alpha value is -2.24. The molecule has 1 saturated heterocycles. The average Bonchev–Trinajstić information content (AvgIpc) is 3.06. The molecule has 32 heavy (non-hydrogen) atoms. The molecule has 1 aromatic heterocycles. The fourth-order valence-electron chi connectivity index (χ4n) is 3.72. The van der Waals surface area contributed by atoms with E-state index in [9.17, 15) is 24.8 Å². The number of aliphatic hydroxyl groups is 4. The number of ether oxygens (including phenoxy) is 3. The Morgan fingerprint density at radius 3 is 2.50 bits per heavy atom. The van der Waals surface area contributed by atoms with Gasteiger partial charge in [-0.05, 0) is 39.3 Å². The SMILES string of the molecule is CCOc1ccc(Cc2c(O[C@H]3O[C@H](CO)[C@@H](O)[C@H](O)[C@H]3O)nn(C(C)C)c2C)c(F)c1. The lowest BCUT2D eigenvalue weighted by Crippen LogP contribution is -2.60. The average molecular weight is 454 g/mol. The summed E-state index contributed by atoms with van der Waals surface area (Å²) in [7, 11) is 0. The van der Waals surface area contributed by atoms with E-state index in [1.165, 1.54) is 6.07 Å². The standard InChI is InChI=1S/C22H31FN2O7/c1-5-30-14-7-6-13(16(23)9-14)8-15-12(4)25(11(2)3)24-21(15)32-22-20(29)19(28)18(27)17(10-26)31-22/h6-7,9,11,17-20,22,26-29H,5,8,10H2,1-4H3/t17-,18-,19+,20-,22-/m1/s1. The number of hydrogen-bond donors (Lipinski definition) is 4. The van der Waals surface area contributed by atoms with Crippen molar-refractivity contribution in [1.82, 2.24) is 9.78 Å². The Bertz CT molecular complexity index is 918. The summed E-state index contributed by atoms with van der Waals surface area (Å²) in [6.45, 7) is 7.36. The highest BCUT2D eigenvalue weighted by Crippen LogP contribution is 2.31. The summed E-state index contributed by atoms with van der Waals surface area (Å²) >= 11 is 0. The van der Waals surface area contributed by atoms with Crippen LogP contribution in [0.5, 0.6) is 11.6 Å². The molecule has 3 rings (SSSR count). The van der Waals surface area contributed by atoms with E-state index < -0.39 is 43.1 Å². The van der Waals surface area contributed by atoms with Crippen LogP contribution in [0.2, 0.25) is 0 Å². The third-order valence-electron chi connectivity index (χ3n) is 5.51. The van der Waals surface area contributed by atoms with Crippen LogP contribution in [0.25, 0.3) is 0 Å². The minimum Gasteiger partial charge on any atom is -0.494 e. The Balaban J connectivity index is 1.92. The van der Waals surface area contributed by atoms with Gasteiger partial charge in [0, 0.05) is 29.8 Å². The van der Waals surface area contributed by atoms with Crippen LogP contribution in [0.3, 0.4) is 0 Å². The molecule has 0 saturated carbocycles. The van der Waals surface area contributed by atoms with Crippen molar-refractivity contribution in [2.75, 3.05) is 13.2 Å². The molecule has 1 aliphatic heterocycles. The third-order valence-corrected chi connectivity index (χ3v) is 5.51. The summed E-state index contributed by atoms with van der Waals surface area (Å²) in [5.41, 5.74) is 1.73. The van der Waals surface area contributed by atoms with Gasteiger partial charge in [-0.2, -0.15) is 0 Å². The van der Waals surface area contributed by atoms with E-state index in [-0.39, 0.29) is 18.3 Å². The lowest BCUT2D eigenvalue weighted by molar-refractivity contribution is -0.278. The molecule has 1 aliphatic rings. The van der Waals surface area contributed by atoms with E-state index in [1.807, 2.05) is 27.7 Å². The number of hydrogen-bond acceptors (Lipinski definition) is 8. The predicted molar refractivity (Wildman–Crippen MR) is 112 cm³/mol. The maximum Gasteiger partial charge on any atom is 0.239 e. The first-order chi connectivity index (χ1) is 15.2. The van der Waals surface area contributed by atoms with Crippen LogP contribution >= 0.6 is 0 Å². The zero-order valence-corrected chi connectivity index (χ0v) is 18.6. The monoisotopic (exact) mass is 454 g/mol. The first kappa shape index (κ1) is 24.4. The van der Waals surface area contributed by atoms with Gasteiger partial charge in [0.15, 0.2) is 0 Å². The lowest BCUT2D eigenvalue weighted by atomic mass is 9.99. The van der Waals surface area contributed by atoms with Gasteiger partial charge >= 0.3 is 0 Å². The highest BCUT2D eigenvalue weighted by molar-refractivity contribution is 5.39. The molecule has 9 nitrogen and oxygen atoms in total. The molecule has 0 radical (unpaired) electrons. The molecule has 5 atom stereocenters. The molecule has 0 amide bonds. The number of aliphatic hydroxyl groups excluding tert-OH is 4. The van der Waals surface area contributed by atoms with E-state index in [0.29, 0.717) is 23.5 Å². The van der Waals surface area contributed by atoms with Crippen molar-refractivity contribution >= 4 is 0 Å². The Morgan fingerprint density at radius 2 is 1.91 bits per heavy atom. The van der Waals surface area contributed by atoms with Crippen LogP contribution in [0.1, 0.15) is 43.6 Å². The normalized spacial score (nSPS) is 25.9. The Labute approximate surface area is 186 Å². The molecule has 1 fully saturated rings. The lowest BCUT2D eigenvalue weighted by Gasteiger charge is -2.39. The van der Waals surface area contributed by atoms with Crippen molar-refractivity contribution in [1.29, 1.82) is 0 Å². The fourth-order valence-corrected chi connectivity index (χ4v) is 3.72. The summed E-state index contributed by atoms with van der Waals surface area (Å²) in [5, 5.41) is 44.2. The molecule has 0 unspecified atom stereocenters. The van der Waals surface area contributed by atoms with E-state index in [2.05, 4.69) is 5.10 Å². The summed E-state index contributed by atoms with van der Waals surface area (Å²) in [5.74, 6) is 0.0985. The molecular weight excluding hydrogens is 423 g/mol. The number of rotatable bonds is 8. The van der Waals surface area contributed by atoms with Crippen LogP contribution in [0.4, 0.5) is 4.39 Å². The highest BCUT2D eigenvalue weighted by Gasteiger charge is 2.45.